The van der Waals surface area contributed by atoms with E-state index in [0.29, 0.717) is 11.1 Å². The normalized spacial score (nSPS) is 19.3. The smallest absolute Gasteiger partial charge is 0.197 e. The molecule has 3 nitrogen and oxygen atoms in total. The molecule has 0 radical (unpaired) electrons. The first kappa shape index (κ1) is 15.0. The first-order valence-corrected chi connectivity index (χ1v) is 8.50. The molecule has 0 N–H and O–H groups in total. The van der Waals surface area contributed by atoms with Crippen LogP contribution in [0.2, 0.25) is 0 Å². The van der Waals surface area contributed by atoms with E-state index < -0.39 is 0 Å². The van der Waals surface area contributed by atoms with Gasteiger partial charge < -0.3 is 4.90 Å². The summed E-state index contributed by atoms with van der Waals surface area (Å²) in [5, 5.41) is 0.997. The lowest BCUT2D eigenvalue weighted by molar-refractivity contribution is 0.0989. The Kier molecular flexibility index (Phi) is 3.46. The molecule has 1 heterocycles. The van der Waals surface area contributed by atoms with Crippen molar-refractivity contribution in [3.63, 3.8) is 0 Å². The maximum absolute atomic E-state index is 12.5. The maximum Gasteiger partial charge on any atom is 0.197 e. The largest absolute Gasteiger partial charge is 0.338 e. The van der Waals surface area contributed by atoms with E-state index >= 15 is 0 Å². The number of thioether (sulfide) groups is 1. The number of rotatable bonds is 1. The van der Waals surface area contributed by atoms with Crippen LogP contribution in [0.4, 0.5) is 5.69 Å². The number of hydrogen-bond donors (Lipinski definition) is 0. The van der Waals surface area contributed by atoms with E-state index in [0.717, 1.165) is 16.2 Å². The second kappa shape index (κ2) is 5.53. The van der Waals surface area contributed by atoms with Crippen molar-refractivity contribution in [3.8, 4) is 0 Å². The van der Waals surface area contributed by atoms with Gasteiger partial charge in [-0.3, -0.25) is 9.59 Å². The van der Waals surface area contributed by atoms with E-state index in [9.17, 15) is 9.59 Å². The molecule has 2 aliphatic rings. The molecule has 0 bridgehead atoms. The number of anilines is 1. The van der Waals surface area contributed by atoms with Gasteiger partial charge in [0.25, 0.3) is 0 Å². The second-order valence-corrected chi connectivity index (χ2v) is 6.98. The van der Waals surface area contributed by atoms with Gasteiger partial charge in [-0.05, 0) is 24.3 Å². The van der Waals surface area contributed by atoms with Crippen LogP contribution >= 0.6 is 11.8 Å². The fraction of sp³-hybridized carbons (Fsp3) is 0.0526. The van der Waals surface area contributed by atoms with E-state index in [1.807, 2.05) is 39.2 Å². The van der Waals surface area contributed by atoms with Gasteiger partial charge in [0.2, 0.25) is 0 Å². The predicted octanol–water partition coefficient (Wildman–Crippen LogP) is 2.33. The van der Waals surface area contributed by atoms with Crippen LogP contribution in [0, 0.1) is 0 Å². The molecular weight excluding hydrogens is 317 g/mol. The third kappa shape index (κ3) is 2.24. The minimum atomic E-state index is -0.185. The van der Waals surface area contributed by atoms with Crippen molar-refractivity contribution in [2.75, 3.05) is 11.9 Å². The molecule has 24 heavy (non-hydrogen) atoms. The molecule has 4 rings (SSSR count). The van der Waals surface area contributed by atoms with Gasteiger partial charge in [0.05, 0.1) is 16.3 Å². The van der Waals surface area contributed by atoms with Crippen LogP contribution in [0.25, 0.3) is 0 Å². The van der Waals surface area contributed by atoms with Crippen LogP contribution in [-0.4, -0.2) is 26.5 Å². The van der Waals surface area contributed by atoms with Gasteiger partial charge in [0.1, 0.15) is 7.85 Å². The van der Waals surface area contributed by atoms with E-state index in [1.54, 1.807) is 30.0 Å². The molecule has 0 spiro atoms. The van der Waals surface area contributed by atoms with Crippen molar-refractivity contribution in [1.82, 2.24) is 0 Å². The number of ketones is 2. The van der Waals surface area contributed by atoms with E-state index in [-0.39, 0.29) is 17.1 Å². The molecule has 0 fully saturated rings. The molecule has 0 unspecified atom stereocenters. The number of fused-ring (bicyclic) bond motifs is 2. The number of hydrogen-bond acceptors (Lipinski definition) is 4. The van der Waals surface area contributed by atoms with Crippen molar-refractivity contribution < 1.29 is 9.59 Å². The van der Waals surface area contributed by atoms with Crippen molar-refractivity contribution in [3.05, 3.63) is 76.3 Å². The van der Waals surface area contributed by atoms with Gasteiger partial charge in [-0.2, -0.15) is 0 Å². The topological polar surface area (TPSA) is 37.4 Å². The lowest BCUT2D eigenvalue weighted by atomic mass is 9.93. The Morgan fingerprint density at radius 1 is 1.00 bits per heavy atom. The van der Waals surface area contributed by atoms with E-state index in [1.165, 1.54) is 4.90 Å². The second-order valence-electron chi connectivity index (χ2n) is 5.92. The summed E-state index contributed by atoms with van der Waals surface area (Å²) >= 11 is 1.64. The van der Waals surface area contributed by atoms with Gasteiger partial charge in [-0.25, -0.2) is 0 Å². The maximum atomic E-state index is 12.5. The highest BCUT2D eigenvalue weighted by Crippen LogP contribution is 2.44. The SMILES string of the molecule is Bc1ccc2c(c1)C(=O)/C(=C/C=C1\Sc3ccccc3N1C)C2=O. The van der Waals surface area contributed by atoms with Gasteiger partial charge in [-0.1, -0.05) is 47.6 Å². The monoisotopic (exact) mass is 331 g/mol. The number of benzene rings is 2. The fourth-order valence-corrected chi connectivity index (χ4v) is 4.06. The summed E-state index contributed by atoms with van der Waals surface area (Å²) in [6.07, 6.45) is 3.51. The number of allylic oxidation sites excluding steroid dienone is 3. The molecule has 0 atom stereocenters. The van der Waals surface area contributed by atoms with Gasteiger partial charge in [0, 0.05) is 23.1 Å². The number of carbonyl (C=O) groups excluding carboxylic acids is 2. The van der Waals surface area contributed by atoms with Crippen molar-refractivity contribution in [2.24, 2.45) is 0 Å². The van der Waals surface area contributed by atoms with Gasteiger partial charge in [0.15, 0.2) is 11.6 Å². The molecule has 0 saturated carbocycles. The quantitative estimate of drug-likeness (QED) is 0.457. The minimum Gasteiger partial charge on any atom is -0.338 e. The highest BCUT2D eigenvalue weighted by molar-refractivity contribution is 8.03. The van der Waals surface area contributed by atoms with Crippen LogP contribution in [0.5, 0.6) is 0 Å². The van der Waals surface area contributed by atoms with Gasteiger partial charge >= 0.3 is 0 Å². The highest BCUT2D eigenvalue weighted by atomic mass is 32.2. The van der Waals surface area contributed by atoms with E-state index in [2.05, 4.69) is 17.0 Å². The Labute approximate surface area is 145 Å². The zero-order chi connectivity index (χ0) is 16.8. The van der Waals surface area contributed by atoms with Crippen LogP contribution in [0.1, 0.15) is 20.7 Å². The molecule has 2 aromatic carbocycles. The zero-order valence-electron chi connectivity index (χ0n) is 13.4. The zero-order valence-corrected chi connectivity index (χ0v) is 14.2. The van der Waals surface area contributed by atoms with Crippen molar-refractivity contribution in [1.29, 1.82) is 0 Å². The fourth-order valence-electron chi connectivity index (χ4n) is 3.01. The Balaban J connectivity index is 1.69. The van der Waals surface area contributed by atoms with Crippen LogP contribution in [0.3, 0.4) is 0 Å². The van der Waals surface area contributed by atoms with E-state index in [4.69, 9.17) is 0 Å². The lowest BCUT2D eigenvalue weighted by Gasteiger charge is -2.12. The molecule has 0 amide bonds. The molecule has 5 heteroatoms. The summed E-state index contributed by atoms with van der Waals surface area (Å²) in [4.78, 5) is 28.3. The van der Waals surface area contributed by atoms with Crippen molar-refractivity contribution >= 4 is 42.3 Å². The van der Waals surface area contributed by atoms with Crippen molar-refractivity contribution in [2.45, 2.75) is 4.90 Å². The van der Waals surface area contributed by atoms with Crippen LogP contribution in [0.15, 0.2) is 70.1 Å². The Bertz CT molecular complexity index is 962. The van der Waals surface area contributed by atoms with Crippen LogP contribution in [-0.2, 0) is 0 Å². The summed E-state index contributed by atoms with van der Waals surface area (Å²) in [6, 6.07) is 13.5. The summed E-state index contributed by atoms with van der Waals surface area (Å²) < 4.78 is 0. The molecule has 2 aromatic rings. The lowest BCUT2D eigenvalue weighted by Crippen LogP contribution is -2.09. The first-order valence-electron chi connectivity index (χ1n) is 7.69. The minimum absolute atomic E-state index is 0.182. The molecule has 1 aliphatic carbocycles. The van der Waals surface area contributed by atoms with Crippen LogP contribution < -0.4 is 10.4 Å². The molecular formula is C19H14BNO2S. The number of para-hydroxylation sites is 1. The number of nitrogens with zero attached hydrogens (tertiary/aromatic N) is 1. The summed E-state index contributed by atoms with van der Waals surface area (Å²) in [6.45, 7) is 0. The Morgan fingerprint density at radius 3 is 2.54 bits per heavy atom. The third-order valence-electron chi connectivity index (χ3n) is 4.32. The number of carbonyl (C=O) groups is 2. The third-order valence-corrected chi connectivity index (χ3v) is 5.50. The molecule has 0 aromatic heterocycles. The molecule has 1 aliphatic heterocycles. The average molecular weight is 331 g/mol. The molecule has 116 valence electrons. The predicted molar refractivity (Wildman–Crippen MR) is 100 cm³/mol. The summed E-state index contributed by atoms with van der Waals surface area (Å²) in [5.74, 6) is -0.367. The standard InChI is InChI=1S/C19H14BNO2S/c1-21-15-4-2-3-5-16(15)24-17(21)9-8-13-18(22)12-7-6-11(20)10-14(12)19(13)23/h2-10H,20H2,1H3/b13-8+,17-9-. The average Bonchev–Trinajstić information content (AvgIpc) is 3.02. The Morgan fingerprint density at radius 2 is 1.75 bits per heavy atom. The summed E-state index contributed by atoms with van der Waals surface area (Å²) in [5.41, 5.74) is 3.38. The van der Waals surface area contributed by atoms with Gasteiger partial charge in [-0.15, -0.1) is 0 Å². The highest BCUT2D eigenvalue weighted by Gasteiger charge is 2.32. The molecule has 0 saturated heterocycles. The summed E-state index contributed by atoms with van der Waals surface area (Å²) in [7, 11) is 3.91. The number of Topliss-reactive ketones (excluding diaryl/α,β-unsaturated/α-hetero) is 2. The first-order chi connectivity index (χ1) is 11.6. The Hall–Kier alpha value is -2.53.